The van der Waals surface area contributed by atoms with E-state index in [2.05, 4.69) is 11.4 Å². The minimum absolute atomic E-state index is 0.0581. The molecule has 0 saturated carbocycles. The predicted octanol–water partition coefficient (Wildman–Crippen LogP) is 3.63. The van der Waals surface area contributed by atoms with Crippen LogP contribution in [0.5, 0.6) is 0 Å². The fourth-order valence-corrected chi connectivity index (χ4v) is 5.35. The van der Waals surface area contributed by atoms with Crippen LogP contribution >= 0.6 is 11.3 Å². The Labute approximate surface area is 188 Å². The lowest BCUT2D eigenvalue weighted by Crippen LogP contribution is -2.42. The monoisotopic (exact) mass is 445 g/mol. The zero-order chi connectivity index (χ0) is 22.4. The fraction of sp³-hybridized carbons (Fsp3) is 0.240. The molecule has 1 aliphatic rings. The van der Waals surface area contributed by atoms with Gasteiger partial charge in [0.25, 0.3) is 5.56 Å². The van der Waals surface area contributed by atoms with E-state index < -0.39 is 5.69 Å². The van der Waals surface area contributed by atoms with Gasteiger partial charge in [-0.25, -0.2) is 9.36 Å². The molecule has 5 rings (SSSR count). The van der Waals surface area contributed by atoms with Gasteiger partial charge in [0.1, 0.15) is 11.2 Å². The Morgan fingerprint density at radius 3 is 2.75 bits per heavy atom. The summed E-state index contributed by atoms with van der Waals surface area (Å²) in [5, 5.41) is 4.86. The summed E-state index contributed by atoms with van der Waals surface area (Å²) in [4.78, 5) is 39.7. The number of carbonyl (C=O) groups excluding carboxylic acids is 1. The highest BCUT2D eigenvalue weighted by atomic mass is 32.1. The highest BCUT2D eigenvalue weighted by molar-refractivity contribution is 7.17. The van der Waals surface area contributed by atoms with E-state index in [4.69, 9.17) is 0 Å². The molecule has 0 unspecified atom stereocenters. The average Bonchev–Trinajstić information content (AvgIpc) is 3.42. The quantitative estimate of drug-likeness (QED) is 0.521. The summed E-state index contributed by atoms with van der Waals surface area (Å²) < 4.78 is 3.06. The first-order valence-electron chi connectivity index (χ1n) is 10.6. The van der Waals surface area contributed by atoms with Crippen molar-refractivity contribution in [3.05, 3.63) is 97.0 Å². The summed E-state index contributed by atoms with van der Waals surface area (Å²) >= 11 is 1.28. The van der Waals surface area contributed by atoms with Crippen molar-refractivity contribution in [2.24, 2.45) is 0 Å². The Kier molecular flexibility index (Phi) is 5.06. The van der Waals surface area contributed by atoms with Crippen LogP contribution in [0.1, 0.15) is 34.7 Å². The molecule has 0 spiro atoms. The van der Waals surface area contributed by atoms with Gasteiger partial charge in [0.05, 0.1) is 17.2 Å². The minimum Gasteiger partial charge on any atom is -0.348 e. The lowest BCUT2D eigenvalue weighted by Gasteiger charge is -2.17. The molecule has 1 aliphatic carbocycles. The molecule has 6 nitrogen and oxygen atoms in total. The smallest absolute Gasteiger partial charge is 0.336 e. The Balaban J connectivity index is 1.56. The summed E-state index contributed by atoms with van der Waals surface area (Å²) in [7, 11) is 0. The molecule has 7 heteroatoms. The van der Waals surface area contributed by atoms with Crippen LogP contribution in [-0.4, -0.2) is 15.0 Å². The van der Waals surface area contributed by atoms with Gasteiger partial charge in [-0.15, -0.1) is 11.3 Å². The van der Waals surface area contributed by atoms with E-state index in [-0.39, 0.29) is 24.1 Å². The van der Waals surface area contributed by atoms with Gasteiger partial charge in [-0.3, -0.25) is 14.2 Å². The maximum absolute atomic E-state index is 13.5. The van der Waals surface area contributed by atoms with Crippen LogP contribution in [0.25, 0.3) is 15.9 Å². The number of hydrogen-bond donors (Lipinski definition) is 1. The van der Waals surface area contributed by atoms with Gasteiger partial charge in [-0.05, 0) is 66.5 Å². The lowest BCUT2D eigenvalue weighted by molar-refractivity contribution is -0.122. The highest BCUT2D eigenvalue weighted by Gasteiger charge is 2.24. The second kappa shape index (κ2) is 7.91. The number of nitrogens with zero attached hydrogens (tertiary/aromatic N) is 2. The standard InChI is InChI=1S/C25H23N3O3S/c1-15-6-5-9-20(16(15)2)28-24(30)23-21(12-13-32-23)27(25(28)31)14-22(29)26-19-11-10-17-7-3-4-8-18(17)19/h3-9,12-13,19H,10-11,14H2,1-2H3,(H,26,29)/t19-/m0/s1. The summed E-state index contributed by atoms with van der Waals surface area (Å²) in [5.74, 6) is -0.243. The second-order valence-corrected chi connectivity index (χ2v) is 9.14. The zero-order valence-electron chi connectivity index (χ0n) is 17.9. The third-order valence-corrected chi connectivity index (χ3v) is 7.23. The predicted molar refractivity (Wildman–Crippen MR) is 127 cm³/mol. The SMILES string of the molecule is Cc1cccc(-n2c(=O)c3sccc3n(CC(=O)N[C@H]3CCc4ccccc43)c2=O)c1C. The molecule has 1 N–H and O–H groups in total. The minimum atomic E-state index is -0.503. The van der Waals surface area contributed by atoms with Gasteiger partial charge in [0.2, 0.25) is 5.91 Å². The lowest BCUT2D eigenvalue weighted by atomic mass is 10.1. The third-order valence-electron chi connectivity index (χ3n) is 6.34. The number of rotatable bonds is 4. The summed E-state index contributed by atoms with van der Waals surface area (Å²) in [6.45, 7) is 3.69. The van der Waals surface area contributed by atoms with Crippen LogP contribution in [0.3, 0.4) is 0 Å². The molecule has 32 heavy (non-hydrogen) atoms. The average molecular weight is 446 g/mol. The van der Waals surface area contributed by atoms with Crippen LogP contribution < -0.4 is 16.6 Å². The summed E-state index contributed by atoms with van der Waals surface area (Å²) in [6.07, 6.45) is 1.77. The highest BCUT2D eigenvalue weighted by Crippen LogP contribution is 2.30. The van der Waals surface area contributed by atoms with Gasteiger partial charge in [-0.1, -0.05) is 36.4 Å². The van der Waals surface area contributed by atoms with Crippen LogP contribution in [0.4, 0.5) is 0 Å². The van der Waals surface area contributed by atoms with E-state index in [9.17, 15) is 14.4 Å². The first-order valence-corrected chi connectivity index (χ1v) is 11.5. The number of carbonyl (C=O) groups is 1. The molecule has 2 aromatic heterocycles. The van der Waals surface area contributed by atoms with E-state index in [1.807, 2.05) is 44.2 Å². The molecular weight excluding hydrogens is 422 g/mol. The van der Waals surface area contributed by atoms with Crippen LogP contribution in [-0.2, 0) is 17.8 Å². The molecule has 0 aliphatic heterocycles. The molecule has 0 saturated heterocycles. The van der Waals surface area contributed by atoms with Gasteiger partial charge in [-0.2, -0.15) is 0 Å². The molecule has 2 heterocycles. The van der Waals surface area contributed by atoms with Crippen LogP contribution in [0.15, 0.2) is 63.5 Å². The molecule has 1 atom stereocenters. The Morgan fingerprint density at radius 2 is 1.91 bits per heavy atom. The fourth-order valence-electron chi connectivity index (χ4n) is 4.52. The number of benzene rings is 2. The van der Waals surface area contributed by atoms with Crippen molar-refractivity contribution >= 4 is 27.5 Å². The van der Waals surface area contributed by atoms with E-state index in [0.29, 0.717) is 15.9 Å². The summed E-state index contributed by atoms with van der Waals surface area (Å²) in [5.41, 5.74) is 4.42. The number of aryl methyl sites for hydroxylation is 2. The molecular formula is C25H23N3O3S. The Morgan fingerprint density at radius 1 is 1.09 bits per heavy atom. The largest absolute Gasteiger partial charge is 0.348 e. The van der Waals surface area contributed by atoms with Gasteiger partial charge in [0, 0.05) is 0 Å². The van der Waals surface area contributed by atoms with Crippen molar-refractivity contribution < 1.29 is 4.79 Å². The third kappa shape index (κ3) is 3.29. The van der Waals surface area contributed by atoms with Gasteiger partial charge >= 0.3 is 5.69 Å². The van der Waals surface area contributed by atoms with E-state index in [0.717, 1.165) is 29.5 Å². The molecule has 162 valence electrons. The zero-order valence-corrected chi connectivity index (χ0v) is 18.7. The molecule has 4 aromatic rings. The Bertz CT molecular complexity index is 1480. The number of amides is 1. The van der Waals surface area contributed by atoms with Gasteiger partial charge in [0.15, 0.2) is 0 Å². The molecule has 0 bridgehead atoms. The van der Waals surface area contributed by atoms with Gasteiger partial charge < -0.3 is 5.32 Å². The number of thiophene rings is 1. The van der Waals surface area contributed by atoms with E-state index in [1.54, 1.807) is 17.5 Å². The first kappa shape index (κ1) is 20.5. The van der Waals surface area contributed by atoms with Crippen LogP contribution in [0.2, 0.25) is 0 Å². The van der Waals surface area contributed by atoms with Crippen molar-refractivity contribution in [2.45, 2.75) is 39.3 Å². The molecule has 2 aromatic carbocycles. The maximum Gasteiger partial charge on any atom is 0.336 e. The van der Waals surface area contributed by atoms with Crippen molar-refractivity contribution in [3.8, 4) is 5.69 Å². The topological polar surface area (TPSA) is 73.1 Å². The van der Waals surface area contributed by atoms with Crippen molar-refractivity contribution in [3.63, 3.8) is 0 Å². The molecule has 1 amide bonds. The normalized spacial score (nSPS) is 15.1. The molecule has 0 fully saturated rings. The maximum atomic E-state index is 13.5. The number of aromatic nitrogens is 2. The van der Waals surface area contributed by atoms with Crippen LogP contribution in [0, 0.1) is 13.8 Å². The second-order valence-electron chi connectivity index (χ2n) is 8.22. The van der Waals surface area contributed by atoms with Crippen molar-refractivity contribution in [2.75, 3.05) is 0 Å². The van der Waals surface area contributed by atoms with Crippen molar-refractivity contribution in [1.82, 2.24) is 14.5 Å². The molecule has 0 radical (unpaired) electrons. The number of nitrogens with one attached hydrogen (secondary N) is 1. The first-order chi connectivity index (χ1) is 15.5. The number of hydrogen-bond acceptors (Lipinski definition) is 4. The summed E-state index contributed by atoms with van der Waals surface area (Å²) in [6, 6.07) is 15.3. The number of fused-ring (bicyclic) bond motifs is 2. The van der Waals surface area contributed by atoms with E-state index >= 15 is 0 Å². The van der Waals surface area contributed by atoms with E-state index in [1.165, 1.54) is 26.0 Å². The Hall–Kier alpha value is -3.45. The van der Waals surface area contributed by atoms with Crippen molar-refractivity contribution in [1.29, 1.82) is 0 Å².